The van der Waals surface area contributed by atoms with E-state index in [-0.39, 0.29) is 29.7 Å². The minimum Gasteiger partial charge on any atom is -0.456 e. The van der Waals surface area contributed by atoms with E-state index >= 15 is 8.78 Å². The summed E-state index contributed by atoms with van der Waals surface area (Å²) in [7, 11) is 0. The Hall–Kier alpha value is -2.89. The number of ether oxygens (including phenoxy) is 4. The summed E-state index contributed by atoms with van der Waals surface area (Å²) in [5.74, 6) is -5.93. The highest BCUT2D eigenvalue weighted by Crippen LogP contribution is 2.51. The molecule has 2 aromatic rings. The number of likely N-dealkylation sites (tertiary alicyclic amines) is 1. The fourth-order valence-corrected chi connectivity index (χ4v) is 5.31. The summed E-state index contributed by atoms with van der Waals surface area (Å²) >= 11 is 3.22. The number of carbonyl (C=O) groups excluding carboxylic acids is 3. The van der Waals surface area contributed by atoms with Crippen molar-refractivity contribution in [3.05, 3.63) is 57.6 Å². The summed E-state index contributed by atoms with van der Waals surface area (Å²) in [6, 6.07) is 7.58. The first-order chi connectivity index (χ1) is 17.8. The third-order valence-electron chi connectivity index (χ3n) is 6.64. The van der Waals surface area contributed by atoms with Gasteiger partial charge in [0.2, 0.25) is 0 Å². The molecule has 8 nitrogen and oxygen atoms in total. The van der Waals surface area contributed by atoms with E-state index in [1.165, 1.54) is 23.1 Å². The first-order valence-corrected chi connectivity index (χ1v) is 12.9. The molecule has 1 amide bonds. The second-order valence-electron chi connectivity index (χ2n) is 10.5. The van der Waals surface area contributed by atoms with Crippen LogP contribution in [0.3, 0.4) is 0 Å². The van der Waals surface area contributed by atoms with E-state index in [0.29, 0.717) is 28.8 Å². The Balaban J connectivity index is 1.30. The highest BCUT2D eigenvalue weighted by molar-refractivity contribution is 9.10. The van der Waals surface area contributed by atoms with Crippen molar-refractivity contribution < 1.29 is 42.1 Å². The van der Waals surface area contributed by atoms with Crippen LogP contribution in [0.25, 0.3) is 11.1 Å². The molecule has 0 unspecified atom stereocenters. The maximum atomic E-state index is 15.2. The zero-order valence-corrected chi connectivity index (χ0v) is 22.6. The van der Waals surface area contributed by atoms with Gasteiger partial charge in [-0.25, -0.2) is 9.59 Å². The van der Waals surface area contributed by atoms with Crippen molar-refractivity contribution in [2.75, 3.05) is 26.4 Å². The van der Waals surface area contributed by atoms with E-state index in [0.717, 1.165) is 6.07 Å². The Kier molecular flexibility index (Phi) is 6.60. The molecule has 11 heteroatoms. The van der Waals surface area contributed by atoms with Gasteiger partial charge in [0.05, 0.1) is 19.8 Å². The van der Waals surface area contributed by atoms with Crippen molar-refractivity contribution in [3.63, 3.8) is 0 Å². The molecule has 0 N–H and O–H groups in total. The van der Waals surface area contributed by atoms with E-state index in [2.05, 4.69) is 15.9 Å². The number of hydrogen-bond acceptors (Lipinski definition) is 7. The highest BCUT2D eigenvalue weighted by Gasteiger charge is 2.54. The van der Waals surface area contributed by atoms with Gasteiger partial charge in [0.25, 0.3) is 5.92 Å². The largest absolute Gasteiger partial charge is 0.456 e. The van der Waals surface area contributed by atoms with Crippen LogP contribution in [0.15, 0.2) is 40.9 Å². The maximum Gasteiger partial charge on any atom is 0.411 e. The van der Waals surface area contributed by atoms with Crippen LogP contribution >= 0.6 is 15.9 Å². The van der Waals surface area contributed by atoms with Crippen molar-refractivity contribution in [1.82, 2.24) is 4.90 Å². The molecule has 0 bridgehead atoms. The molecule has 38 heavy (non-hydrogen) atoms. The number of ketones is 1. The second-order valence-corrected chi connectivity index (χ2v) is 11.4. The molecule has 2 fully saturated rings. The van der Waals surface area contributed by atoms with Crippen molar-refractivity contribution in [3.8, 4) is 11.1 Å². The third kappa shape index (κ3) is 4.83. The molecule has 2 saturated heterocycles. The fraction of sp³-hybridized carbons (Fsp3) is 0.444. The van der Waals surface area contributed by atoms with Crippen LogP contribution < -0.4 is 0 Å². The van der Waals surface area contributed by atoms with Gasteiger partial charge < -0.3 is 18.9 Å². The van der Waals surface area contributed by atoms with Gasteiger partial charge in [0.15, 0.2) is 18.2 Å². The van der Waals surface area contributed by atoms with E-state index < -0.39 is 47.8 Å². The molecular weight excluding hydrogens is 568 g/mol. The Morgan fingerprint density at radius 3 is 2.34 bits per heavy atom. The normalized spacial score (nSPS) is 20.8. The lowest BCUT2D eigenvalue weighted by Gasteiger charge is -2.27. The lowest BCUT2D eigenvalue weighted by atomic mass is 10.0. The molecule has 1 spiro atoms. The van der Waals surface area contributed by atoms with E-state index in [1.54, 1.807) is 32.9 Å². The first kappa shape index (κ1) is 26.7. The van der Waals surface area contributed by atoms with Crippen molar-refractivity contribution in [1.29, 1.82) is 0 Å². The SMILES string of the molecule is CC(C)(C)OC(=O)N1CC2(C[C@H]1C(=O)OCC(=O)c1ccc3c(c1)C(F)(F)c1cc(Br)ccc1-3)OCCO2. The van der Waals surface area contributed by atoms with Crippen molar-refractivity contribution >= 4 is 33.8 Å². The van der Waals surface area contributed by atoms with Gasteiger partial charge in [-0.2, -0.15) is 8.78 Å². The van der Waals surface area contributed by atoms with Crippen LogP contribution in [0.1, 0.15) is 48.7 Å². The standard InChI is InChI=1S/C27H26BrF2NO7/c1-25(2,3)38-24(34)31-14-26(36-8-9-37-26)12-21(31)23(33)35-13-22(32)15-4-6-17-18-7-5-16(28)11-20(18)27(29,30)19(17)10-15/h4-7,10-11,21H,8-9,12-14H2,1-3H3/t21-/m0/s1. The molecule has 0 saturated carbocycles. The van der Waals surface area contributed by atoms with Gasteiger partial charge in [0, 0.05) is 27.6 Å². The number of Topliss-reactive ketones (excluding diaryl/α,β-unsaturated/α-hetero) is 1. The predicted molar refractivity (Wildman–Crippen MR) is 134 cm³/mol. The summed E-state index contributed by atoms with van der Waals surface area (Å²) in [6.07, 6.45) is -0.730. The van der Waals surface area contributed by atoms with Gasteiger partial charge in [-0.1, -0.05) is 34.1 Å². The smallest absolute Gasteiger partial charge is 0.411 e. The fourth-order valence-electron chi connectivity index (χ4n) is 4.95. The molecule has 1 atom stereocenters. The molecule has 3 aliphatic rings. The molecule has 0 radical (unpaired) electrons. The van der Waals surface area contributed by atoms with Gasteiger partial charge in [-0.15, -0.1) is 0 Å². The third-order valence-corrected chi connectivity index (χ3v) is 7.13. The van der Waals surface area contributed by atoms with Gasteiger partial charge in [-0.3, -0.25) is 9.69 Å². The number of rotatable bonds is 4. The van der Waals surface area contributed by atoms with Crippen LogP contribution in [-0.2, 0) is 29.7 Å². The first-order valence-electron chi connectivity index (χ1n) is 12.1. The number of amides is 1. The topological polar surface area (TPSA) is 91.4 Å². The molecule has 2 heterocycles. The van der Waals surface area contributed by atoms with Crippen molar-refractivity contribution in [2.45, 2.75) is 50.5 Å². The van der Waals surface area contributed by atoms with Gasteiger partial charge in [-0.05, 0) is 50.1 Å². The average Bonchev–Trinajstić information content (AvgIpc) is 3.52. The Morgan fingerprint density at radius 1 is 1.05 bits per heavy atom. The molecule has 5 rings (SSSR count). The number of fused-ring (bicyclic) bond motifs is 3. The number of nitrogens with zero attached hydrogens (tertiary/aromatic N) is 1. The predicted octanol–water partition coefficient (Wildman–Crippen LogP) is 5.05. The van der Waals surface area contributed by atoms with Crippen LogP contribution in [-0.4, -0.2) is 66.5 Å². The molecule has 0 aromatic heterocycles. The molecule has 202 valence electrons. The highest BCUT2D eigenvalue weighted by atomic mass is 79.9. The van der Waals surface area contributed by atoms with E-state index in [4.69, 9.17) is 18.9 Å². The lowest BCUT2D eigenvalue weighted by Crippen LogP contribution is -2.45. The number of benzene rings is 2. The number of carbonyl (C=O) groups is 3. The summed E-state index contributed by atoms with van der Waals surface area (Å²) in [5, 5.41) is 0. The molecule has 2 aliphatic heterocycles. The van der Waals surface area contributed by atoms with Gasteiger partial charge in [0.1, 0.15) is 11.6 Å². The number of halogens is 3. The Labute approximate surface area is 226 Å². The Bertz CT molecular complexity index is 1320. The summed E-state index contributed by atoms with van der Waals surface area (Å²) in [4.78, 5) is 39.9. The van der Waals surface area contributed by atoms with Crippen molar-refractivity contribution in [2.24, 2.45) is 0 Å². The monoisotopic (exact) mass is 593 g/mol. The summed E-state index contributed by atoms with van der Waals surface area (Å²) in [5.41, 5.74) is -0.518. The minimum absolute atomic E-state index is 0.0121. The molecule has 1 aliphatic carbocycles. The summed E-state index contributed by atoms with van der Waals surface area (Å²) < 4.78 is 52.9. The number of hydrogen-bond donors (Lipinski definition) is 0. The molecule has 2 aromatic carbocycles. The second kappa shape index (κ2) is 9.39. The summed E-state index contributed by atoms with van der Waals surface area (Å²) in [6.45, 7) is 4.99. The number of esters is 1. The Morgan fingerprint density at radius 2 is 1.68 bits per heavy atom. The number of alkyl halides is 2. The maximum absolute atomic E-state index is 15.2. The van der Waals surface area contributed by atoms with E-state index in [9.17, 15) is 14.4 Å². The minimum atomic E-state index is -3.28. The van der Waals surface area contributed by atoms with Crippen LogP contribution in [0.5, 0.6) is 0 Å². The van der Waals surface area contributed by atoms with E-state index in [1.807, 2.05) is 0 Å². The van der Waals surface area contributed by atoms with Gasteiger partial charge >= 0.3 is 12.1 Å². The van der Waals surface area contributed by atoms with Crippen LogP contribution in [0.4, 0.5) is 13.6 Å². The quantitative estimate of drug-likeness (QED) is 0.362. The average molecular weight is 594 g/mol. The zero-order valence-electron chi connectivity index (χ0n) is 21.0. The van der Waals surface area contributed by atoms with Crippen LogP contribution in [0, 0.1) is 0 Å². The lowest BCUT2D eigenvalue weighted by molar-refractivity contribution is -0.153. The van der Waals surface area contributed by atoms with Crippen LogP contribution in [0.2, 0.25) is 0 Å². The zero-order chi connectivity index (χ0) is 27.5. The molecular formula is C27H26BrF2NO7.